The Bertz CT molecular complexity index is 810. The first-order valence-electron chi connectivity index (χ1n) is 9.29. The number of benzene rings is 1. The van der Waals surface area contributed by atoms with Gasteiger partial charge in [-0.05, 0) is 25.0 Å². The van der Waals surface area contributed by atoms with Gasteiger partial charge in [-0.25, -0.2) is 0 Å². The zero-order valence-electron chi connectivity index (χ0n) is 16.2. The molecule has 1 heterocycles. The number of carboxylic acids is 1. The molecule has 29 heavy (non-hydrogen) atoms. The molecule has 1 aromatic carbocycles. The topological polar surface area (TPSA) is 95.9 Å². The standard InChI is InChI=1S/C20H24N2O5S2/c1-27-15-8-5-4-7-14(15)13-16-19(26)22(20(28)29-16)12-6-2-3-9-17(23)21-11-10-18(24)25/h4-5,7-8,13H,2-3,6,9-12H2,1H3,(H,21,23)(H,24,25)/b16-13-. The van der Waals surface area contributed by atoms with E-state index in [1.807, 2.05) is 24.3 Å². The Morgan fingerprint density at radius 3 is 2.72 bits per heavy atom. The van der Waals surface area contributed by atoms with Gasteiger partial charge in [0.1, 0.15) is 10.1 Å². The third kappa shape index (κ3) is 7.17. The van der Waals surface area contributed by atoms with Crippen molar-refractivity contribution in [3.05, 3.63) is 34.7 Å². The highest BCUT2D eigenvalue weighted by atomic mass is 32.2. The van der Waals surface area contributed by atoms with Crippen molar-refractivity contribution in [3.63, 3.8) is 0 Å². The highest BCUT2D eigenvalue weighted by Gasteiger charge is 2.31. The number of unbranched alkanes of at least 4 members (excludes halogenated alkanes) is 2. The number of carboxylic acid groups (broad SMARTS) is 1. The fourth-order valence-electron chi connectivity index (χ4n) is 2.75. The summed E-state index contributed by atoms with van der Waals surface area (Å²) in [7, 11) is 1.59. The Hall–Kier alpha value is -2.39. The van der Waals surface area contributed by atoms with E-state index in [1.54, 1.807) is 18.1 Å². The van der Waals surface area contributed by atoms with Gasteiger partial charge in [0.15, 0.2) is 0 Å². The number of carbonyl (C=O) groups excluding carboxylic acids is 2. The van der Waals surface area contributed by atoms with Crippen LogP contribution in [0, 0.1) is 0 Å². The second kappa shape index (κ2) is 11.6. The minimum Gasteiger partial charge on any atom is -0.496 e. The number of hydrogen-bond donors (Lipinski definition) is 2. The smallest absolute Gasteiger partial charge is 0.305 e. The zero-order chi connectivity index (χ0) is 21.2. The van der Waals surface area contributed by atoms with Crippen molar-refractivity contribution < 1.29 is 24.2 Å². The molecule has 1 saturated heterocycles. The van der Waals surface area contributed by atoms with E-state index in [-0.39, 0.29) is 24.8 Å². The average molecular weight is 437 g/mol. The molecule has 0 saturated carbocycles. The second-order valence-electron chi connectivity index (χ2n) is 6.38. The van der Waals surface area contributed by atoms with Crippen LogP contribution in [0.15, 0.2) is 29.2 Å². The number of thioether (sulfide) groups is 1. The van der Waals surface area contributed by atoms with Crippen molar-refractivity contribution >= 4 is 52.2 Å². The third-order valence-electron chi connectivity index (χ3n) is 4.25. The first-order valence-corrected chi connectivity index (χ1v) is 10.5. The number of para-hydroxylation sites is 1. The fraction of sp³-hybridized carbons (Fsp3) is 0.400. The maximum Gasteiger partial charge on any atom is 0.305 e. The van der Waals surface area contributed by atoms with Crippen LogP contribution in [0.25, 0.3) is 6.08 Å². The van der Waals surface area contributed by atoms with Gasteiger partial charge in [0, 0.05) is 25.1 Å². The predicted octanol–water partition coefficient (Wildman–Crippen LogP) is 3.05. The van der Waals surface area contributed by atoms with Gasteiger partial charge in [0.05, 0.1) is 18.4 Å². The zero-order valence-corrected chi connectivity index (χ0v) is 17.8. The number of amides is 2. The van der Waals surface area contributed by atoms with Crippen molar-refractivity contribution in [3.8, 4) is 5.75 Å². The van der Waals surface area contributed by atoms with Crippen molar-refractivity contribution in [2.24, 2.45) is 0 Å². The number of thiocarbonyl (C=S) groups is 1. The van der Waals surface area contributed by atoms with E-state index in [4.69, 9.17) is 22.1 Å². The lowest BCUT2D eigenvalue weighted by Crippen LogP contribution is -2.29. The summed E-state index contributed by atoms with van der Waals surface area (Å²) in [6, 6.07) is 7.47. The molecular formula is C20H24N2O5S2. The summed E-state index contributed by atoms with van der Waals surface area (Å²) in [5.74, 6) is -0.512. The SMILES string of the molecule is COc1ccccc1/C=C1\SC(=S)N(CCCCCC(=O)NCCC(=O)O)C1=O. The number of ether oxygens (including phenoxy) is 1. The minimum atomic E-state index is -0.937. The van der Waals surface area contributed by atoms with Gasteiger partial charge in [-0.1, -0.05) is 48.6 Å². The number of nitrogens with zero attached hydrogens (tertiary/aromatic N) is 1. The van der Waals surface area contributed by atoms with Gasteiger partial charge in [-0.15, -0.1) is 0 Å². The lowest BCUT2D eigenvalue weighted by Gasteiger charge is -2.14. The molecule has 0 bridgehead atoms. The molecule has 0 radical (unpaired) electrons. The Labute approximate surface area is 179 Å². The van der Waals surface area contributed by atoms with Crippen molar-refractivity contribution in [1.82, 2.24) is 10.2 Å². The van der Waals surface area contributed by atoms with Crippen molar-refractivity contribution in [2.45, 2.75) is 32.1 Å². The highest BCUT2D eigenvalue weighted by Crippen LogP contribution is 2.34. The molecule has 1 fully saturated rings. The second-order valence-corrected chi connectivity index (χ2v) is 8.06. The molecule has 9 heteroatoms. The quantitative estimate of drug-likeness (QED) is 0.313. The minimum absolute atomic E-state index is 0.0807. The third-order valence-corrected chi connectivity index (χ3v) is 5.62. The van der Waals surface area contributed by atoms with Gasteiger partial charge in [0.25, 0.3) is 5.91 Å². The van der Waals surface area contributed by atoms with E-state index in [9.17, 15) is 14.4 Å². The van der Waals surface area contributed by atoms with Crippen LogP contribution >= 0.6 is 24.0 Å². The Kier molecular flexibility index (Phi) is 9.14. The van der Waals surface area contributed by atoms with Crippen LogP contribution < -0.4 is 10.1 Å². The fourth-order valence-corrected chi connectivity index (χ4v) is 4.05. The van der Waals surface area contributed by atoms with Crippen LogP contribution in [-0.4, -0.2) is 52.3 Å². The molecule has 156 valence electrons. The maximum absolute atomic E-state index is 12.7. The van der Waals surface area contributed by atoms with Crippen LogP contribution in [0.4, 0.5) is 0 Å². The van der Waals surface area contributed by atoms with E-state index >= 15 is 0 Å². The lowest BCUT2D eigenvalue weighted by atomic mass is 10.1. The molecule has 2 N–H and O–H groups in total. The van der Waals surface area contributed by atoms with Crippen LogP contribution in [-0.2, 0) is 14.4 Å². The largest absolute Gasteiger partial charge is 0.496 e. The average Bonchev–Trinajstić information content (AvgIpc) is 2.95. The number of rotatable bonds is 11. The molecule has 7 nitrogen and oxygen atoms in total. The first kappa shape index (κ1) is 22.9. The summed E-state index contributed by atoms with van der Waals surface area (Å²) >= 11 is 6.62. The van der Waals surface area contributed by atoms with Crippen LogP contribution in [0.3, 0.4) is 0 Å². The highest BCUT2D eigenvalue weighted by molar-refractivity contribution is 8.26. The number of carbonyl (C=O) groups is 3. The summed E-state index contributed by atoms with van der Waals surface area (Å²) in [4.78, 5) is 36.8. The van der Waals surface area contributed by atoms with E-state index in [2.05, 4.69) is 5.32 Å². The monoisotopic (exact) mass is 436 g/mol. The van der Waals surface area contributed by atoms with Gasteiger partial charge in [-0.3, -0.25) is 19.3 Å². The van der Waals surface area contributed by atoms with E-state index in [0.717, 1.165) is 18.4 Å². The molecule has 2 rings (SSSR count). The molecule has 0 unspecified atom stereocenters. The van der Waals surface area contributed by atoms with Gasteiger partial charge in [-0.2, -0.15) is 0 Å². The number of methoxy groups -OCH3 is 1. The number of hydrogen-bond acceptors (Lipinski definition) is 6. The predicted molar refractivity (Wildman–Crippen MR) is 117 cm³/mol. The molecule has 1 aromatic rings. The molecule has 1 aliphatic heterocycles. The Morgan fingerprint density at radius 2 is 2.00 bits per heavy atom. The summed E-state index contributed by atoms with van der Waals surface area (Å²) in [6.07, 6.45) is 4.23. The van der Waals surface area contributed by atoms with Gasteiger partial charge >= 0.3 is 5.97 Å². The number of aliphatic carboxylic acids is 1. The molecule has 0 atom stereocenters. The van der Waals surface area contributed by atoms with Gasteiger partial charge in [0.2, 0.25) is 5.91 Å². The van der Waals surface area contributed by atoms with Crippen LogP contribution in [0.5, 0.6) is 5.75 Å². The maximum atomic E-state index is 12.7. The Morgan fingerprint density at radius 1 is 1.24 bits per heavy atom. The Balaban J connectivity index is 1.77. The molecule has 2 amide bonds. The molecule has 0 aromatic heterocycles. The van der Waals surface area contributed by atoms with E-state index in [1.165, 1.54) is 11.8 Å². The summed E-state index contributed by atoms with van der Waals surface area (Å²) in [5.41, 5.74) is 0.824. The molecule has 0 spiro atoms. The van der Waals surface area contributed by atoms with Crippen LogP contribution in [0.2, 0.25) is 0 Å². The normalized spacial score (nSPS) is 15.1. The van der Waals surface area contributed by atoms with E-state index < -0.39 is 5.97 Å². The summed E-state index contributed by atoms with van der Waals surface area (Å²) in [6.45, 7) is 0.651. The molecule has 0 aliphatic carbocycles. The van der Waals surface area contributed by atoms with Gasteiger partial charge < -0.3 is 15.2 Å². The number of nitrogens with one attached hydrogen (secondary N) is 1. The lowest BCUT2D eigenvalue weighted by molar-refractivity contribution is -0.137. The summed E-state index contributed by atoms with van der Waals surface area (Å²) < 4.78 is 5.85. The van der Waals surface area contributed by atoms with Crippen LogP contribution in [0.1, 0.15) is 37.7 Å². The first-order chi connectivity index (χ1) is 13.9. The van der Waals surface area contributed by atoms with Crippen molar-refractivity contribution in [1.29, 1.82) is 0 Å². The molecular weight excluding hydrogens is 412 g/mol. The summed E-state index contributed by atoms with van der Waals surface area (Å²) in [5, 5.41) is 11.1. The van der Waals surface area contributed by atoms with E-state index in [0.29, 0.717) is 34.4 Å². The van der Waals surface area contributed by atoms with Crippen molar-refractivity contribution in [2.75, 3.05) is 20.2 Å². The molecule has 1 aliphatic rings.